The monoisotopic (exact) mass is 259 g/mol. The van der Waals surface area contributed by atoms with Crippen LogP contribution in [-0.4, -0.2) is 13.7 Å². The van der Waals surface area contributed by atoms with Crippen LogP contribution in [0.15, 0.2) is 47.1 Å². The number of ether oxygens (including phenoxy) is 1. The van der Waals surface area contributed by atoms with E-state index >= 15 is 0 Å². The molecule has 102 valence electrons. The third-order valence-corrected chi connectivity index (χ3v) is 3.12. The van der Waals surface area contributed by atoms with E-state index in [9.17, 15) is 0 Å². The Kier molecular flexibility index (Phi) is 5.04. The Balaban J connectivity index is 2.15. The van der Waals surface area contributed by atoms with E-state index < -0.39 is 0 Å². The molecule has 1 N–H and O–H groups in total. The third kappa shape index (κ3) is 3.86. The molecule has 19 heavy (non-hydrogen) atoms. The SMILES string of the molecule is CCCNC(Cc1ccco1)c1cccc(OC)c1. The summed E-state index contributed by atoms with van der Waals surface area (Å²) in [5.74, 6) is 1.89. The van der Waals surface area contributed by atoms with E-state index in [2.05, 4.69) is 24.4 Å². The van der Waals surface area contributed by atoms with Gasteiger partial charge in [-0.2, -0.15) is 0 Å². The molecule has 0 amide bonds. The first-order valence-electron chi connectivity index (χ1n) is 6.73. The Labute approximate surface area is 114 Å². The van der Waals surface area contributed by atoms with Gasteiger partial charge >= 0.3 is 0 Å². The fraction of sp³-hybridized carbons (Fsp3) is 0.375. The van der Waals surface area contributed by atoms with Crippen LogP contribution in [0.1, 0.15) is 30.7 Å². The van der Waals surface area contributed by atoms with E-state index in [1.54, 1.807) is 13.4 Å². The summed E-state index contributed by atoms with van der Waals surface area (Å²) >= 11 is 0. The van der Waals surface area contributed by atoms with Gasteiger partial charge in [0.2, 0.25) is 0 Å². The molecule has 0 radical (unpaired) electrons. The lowest BCUT2D eigenvalue weighted by Gasteiger charge is -2.18. The van der Waals surface area contributed by atoms with Crippen molar-refractivity contribution < 1.29 is 9.15 Å². The zero-order valence-corrected chi connectivity index (χ0v) is 11.6. The maximum absolute atomic E-state index is 5.45. The number of hydrogen-bond acceptors (Lipinski definition) is 3. The number of hydrogen-bond donors (Lipinski definition) is 1. The second kappa shape index (κ2) is 7.00. The standard InChI is InChI=1S/C16H21NO2/c1-3-9-17-16(12-15-8-5-10-19-15)13-6-4-7-14(11-13)18-2/h4-8,10-11,16-17H,3,9,12H2,1-2H3. The van der Waals surface area contributed by atoms with Crippen LogP contribution in [0, 0.1) is 0 Å². The first kappa shape index (κ1) is 13.7. The Morgan fingerprint density at radius 3 is 2.84 bits per heavy atom. The van der Waals surface area contributed by atoms with Crippen molar-refractivity contribution in [1.29, 1.82) is 0 Å². The lowest BCUT2D eigenvalue weighted by atomic mass is 10.0. The second-order valence-corrected chi connectivity index (χ2v) is 4.57. The molecule has 1 unspecified atom stereocenters. The van der Waals surface area contributed by atoms with Crippen LogP contribution < -0.4 is 10.1 Å². The normalized spacial score (nSPS) is 12.3. The quantitative estimate of drug-likeness (QED) is 0.825. The zero-order valence-electron chi connectivity index (χ0n) is 11.6. The second-order valence-electron chi connectivity index (χ2n) is 4.57. The zero-order chi connectivity index (χ0) is 13.5. The van der Waals surface area contributed by atoms with Gasteiger partial charge in [-0.15, -0.1) is 0 Å². The topological polar surface area (TPSA) is 34.4 Å². The van der Waals surface area contributed by atoms with E-state index in [1.807, 2.05) is 24.3 Å². The van der Waals surface area contributed by atoms with Gasteiger partial charge in [0, 0.05) is 12.5 Å². The minimum atomic E-state index is 0.251. The summed E-state index contributed by atoms with van der Waals surface area (Å²) in [4.78, 5) is 0. The average Bonchev–Trinajstić information content (AvgIpc) is 2.96. The largest absolute Gasteiger partial charge is 0.497 e. The van der Waals surface area contributed by atoms with E-state index in [1.165, 1.54) is 5.56 Å². The lowest BCUT2D eigenvalue weighted by molar-refractivity contribution is 0.411. The van der Waals surface area contributed by atoms with Crippen LogP contribution in [-0.2, 0) is 6.42 Å². The summed E-state index contributed by atoms with van der Waals surface area (Å²) in [5.41, 5.74) is 1.23. The molecule has 2 aromatic rings. The molecular weight excluding hydrogens is 238 g/mol. The third-order valence-electron chi connectivity index (χ3n) is 3.12. The molecule has 1 heterocycles. The number of furan rings is 1. The molecule has 3 heteroatoms. The van der Waals surface area contributed by atoms with Crippen LogP contribution in [0.3, 0.4) is 0 Å². The van der Waals surface area contributed by atoms with Crippen molar-refractivity contribution in [3.8, 4) is 5.75 Å². The van der Waals surface area contributed by atoms with Gasteiger partial charge in [-0.3, -0.25) is 0 Å². The summed E-state index contributed by atoms with van der Waals surface area (Å²) in [7, 11) is 1.69. The maximum Gasteiger partial charge on any atom is 0.119 e. The van der Waals surface area contributed by atoms with Gasteiger partial charge in [-0.05, 0) is 42.8 Å². The van der Waals surface area contributed by atoms with Crippen molar-refractivity contribution in [3.05, 3.63) is 54.0 Å². The number of nitrogens with one attached hydrogen (secondary N) is 1. The van der Waals surface area contributed by atoms with Crippen LogP contribution in [0.4, 0.5) is 0 Å². The summed E-state index contributed by atoms with van der Waals surface area (Å²) in [6.07, 6.45) is 3.68. The number of benzene rings is 1. The van der Waals surface area contributed by atoms with Crippen molar-refractivity contribution in [3.63, 3.8) is 0 Å². The van der Waals surface area contributed by atoms with Crippen molar-refractivity contribution in [1.82, 2.24) is 5.32 Å². The Morgan fingerprint density at radius 1 is 1.26 bits per heavy atom. The van der Waals surface area contributed by atoms with Gasteiger partial charge < -0.3 is 14.5 Å². The molecule has 1 aromatic carbocycles. The molecule has 0 spiro atoms. The Morgan fingerprint density at radius 2 is 2.16 bits per heavy atom. The van der Waals surface area contributed by atoms with E-state index in [4.69, 9.17) is 9.15 Å². The van der Waals surface area contributed by atoms with Crippen LogP contribution >= 0.6 is 0 Å². The van der Waals surface area contributed by atoms with Crippen LogP contribution in [0.5, 0.6) is 5.75 Å². The number of rotatable bonds is 7. The fourth-order valence-electron chi connectivity index (χ4n) is 2.11. The molecule has 0 fully saturated rings. The highest BCUT2D eigenvalue weighted by atomic mass is 16.5. The first-order valence-corrected chi connectivity index (χ1v) is 6.73. The average molecular weight is 259 g/mol. The highest BCUT2D eigenvalue weighted by Crippen LogP contribution is 2.22. The fourth-order valence-corrected chi connectivity index (χ4v) is 2.11. The van der Waals surface area contributed by atoms with Gasteiger partial charge in [-0.25, -0.2) is 0 Å². The molecule has 0 saturated heterocycles. The van der Waals surface area contributed by atoms with Crippen molar-refractivity contribution >= 4 is 0 Å². The molecule has 1 aromatic heterocycles. The minimum absolute atomic E-state index is 0.251. The van der Waals surface area contributed by atoms with Gasteiger partial charge in [0.1, 0.15) is 11.5 Å². The smallest absolute Gasteiger partial charge is 0.119 e. The highest BCUT2D eigenvalue weighted by Gasteiger charge is 2.13. The molecule has 2 rings (SSSR count). The summed E-state index contributed by atoms with van der Waals surface area (Å²) in [6.45, 7) is 3.16. The predicted octanol–water partition coefficient (Wildman–Crippen LogP) is 3.57. The van der Waals surface area contributed by atoms with Crippen molar-refractivity contribution in [2.75, 3.05) is 13.7 Å². The van der Waals surface area contributed by atoms with E-state index in [0.717, 1.165) is 30.9 Å². The lowest BCUT2D eigenvalue weighted by Crippen LogP contribution is -2.24. The summed E-state index contributed by atoms with van der Waals surface area (Å²) in [6, 6.07) is 12.4. The van der Waals surface area contributed by atoms with E-state index in [0.29, 0.717) is 0 Å². The summed E-state index contributed by atoms with van der Waals surface area (Å²) in [5, 5.41) is 3.56. The van der Waals surface area contributed by atoms with Gasteiger partial charge in [-0.1, -0.05) is 19.1 Å². The molecule has 0 bridgehead atoms. The molecule has 0 aliphatic heterocycles. The van der Waals surface area contributed by atoms with Gasteiger partial charge in [0.15, 0.2) is 0 Å². The Bertz CT molecular complexity index is 479. The van der Waals surface area contributed by atoms with Crippen molar-refractivity contribution in [2.45, 2.75) is 25.8 Å². The molecule has 3 nitrogen and oxygen atoms in total. The highest BCUT2D eigenvalue weighted by molar-refractivity contribution is 5.31. The van der Waals surface area contributed by atoms with Crippen LogP contribution in [0.2, 0.25) is 0 Å². The Hall–Kier alpha value is -1.74. The van der Waals surface area contributed by atoms with Gasteiger partial charge in [0.25, 0.3) is 0 Å². The minimum Gasteiger partial charge on any atom is -0.497 e. The maximum atomic E-state index is 5.45. The molecular formula is C16H21NO2. The van der Waals surface area contributed by atoms with Crippen molar-refractivity contribution in [2.24, 2.45) is 0 Å². The van der Waals surface area contributed by atoms with Gasteiger partial charge in [0.05, 0.1) is 13.4 Å². The van der Waals surface area contributed by atoms with E-state index in [-0.39, 0.29) is 6.04 Å². The molecule has 0 saturated carbocycles. The first-order chi connectivity index (χ1) is 9.33. The predicted molar refractivity (Wildman–Crippen MR) is 76.4 cm³/mol. The molecule has 0 aliphatic carbocycles. The molecule has 0 aliphatic rings. The summed E-state index contributed by atoms with van der Waals surface area (Å²) < 4.78 is 10.7. The number of methoxy groups -OCH3 is 1. The van der Waals surface area contributed by atoms with Crippen LogP contribution in [0.25, 0.3) is 0 Å². The molecule has 1 atom stereocenters.